The number of pyridine rings is 1. The van der Waals surface area contributed by atoms with Gasteiger partial charge in [-0.25, -0.2) is 0 Å². The van der Waals surface area contributed by atoms with Gasteiger partial charge in [0.05, 0.1) is 6.61 Å². The normalized spacial score (nSPS) is 10.8. The van der Waals surface area contributed by atoms with Gasteiger partial charge in [0.2, 0.25) is 0 Å². The molecule has 24 heavy (non-hydrogen) atoms. The van der Waals surface area contributed by atoms with Crippen molar-refractivity contribution in [3.05, 3.63) is 70.0 Å². The quantitative estimate of drug-likeness (QED) is 0.718. The number of aromatic nitrogens is 1. The maximum Gasteiger partial charge on any atom is 0.253 e. The van der Waals surface area contributed by atoms with E-state index in [-0.39, 0.29) is 5.56 Å². The first-order valence-electron chi connectivity index (χ1n) is 8.31. The van der Waals surface area contributed by atoms with Crippen molar-refractivity contribution in [3.63, 3.8) is 0 Å². The smallest absolute Gasteiger partial charge is 0.253 e. The van der Waals surface area contributed by atoms with E-state index < -0.39 is 0 Å². The summed E-state index contributed by atoms with van der Waals surface area (Å²) in [5, 5.41) is 4.36. The monoisotopic (exact) mass is 322 g/mol. The average molecular weight is 322 g/mol. The Morgan fingerprint density at radius 2 is 1.83 bits per heavy atom. The van der Waals surface area contributed by atoms with Crippen molar-refractivity contribution in [3.8, 4) is 5.75 Å². The third-order valence-corrected chi connectivity index (χ3v) is 4.04. The largest absolute Gasteiger partial charge is 0.494 e. The minimum atomic E-state index is -0.0508. The van der Waals surface area contributed by atoms with Gasteiger partial charge in [-0.05, 0) is 66.8 Å². The molecule has 4 heteroatoms. The molecular weight excluding hydrogens is 300 g/mol. The highest BCUT2D eigenvalue weighted by Gasteiger charge is 2.04. The van der Waals surface area contributed by atoms with E-state index in [0.717, 1.165) is 34.3 Å². The maximum absolute atomic E-state index is 12.2. The van der Waals surface area contributed by atoms with Crippen LogP contribution in [0.2, 0.25) is 0 Å². The van der Waals surface area contributed by atoms with Crippen LogP contribution in [0.15, 0.2) is 53.3 Å². The molecule has 0 aliphatic rings. The Bertz CT molecular complexity index is 882. The molecule has 0 bridgehead atoms. The lowest BCUT2D eigenvalue weighted by Gasteiger charge is -2.09. The van der Waals surface area contributed by atoms with E-state index in [2.05, 4.69) is 29.4 Å². The lowest BCUT2D eigenvalue weighted by atomic mass is 10.1. The number of anilines is 1. The van der Waals surface area contributed by atoms with Crippen LogP contribution in [-0.4, -0.2) is 11.6 Å². The molecule has 0 aliphatic carbocycles. The van der Waals surface area contributed by atoms with Crippen LogP contribution in [0.3, 0.4) is 0 Å². The lowest BCUT2D eigenvalue weighted by Crippen LogP contribution is -2.15. The summed E-state index contributed by atoms with van der Waals surface area (Å²) in [6.07, 6.45) is 0.981. The molecule has 0 atom stereocenters. The van der Waals surface area contributed by atoms with Gasteiger partial charge in [-0.2, -0.15) is 0 Å². The van der Waals surface area contributed by atoms with Crippen LogP contribution in [0.5, 0.6) is 5.75 Å². The molecule has 2 aromatic carbocycles. The van der Waals surface area contributed by atoms with E-state index >= 15 is 0 Å². The van der Waals surface area contributed by atoms with Crippen LogP contribution in [0.1, 0.15) is 25.0 Å². The van der Waals surface area contributed by atoms with Crippen molar-refractivity contribution in [1.82, 2.24) is 4.98 Å². The third-order valence-electron chi connectivity index (χ3n) is 4.04. The Morgan fingerprint density at radius 3 is 2.54 bits per heavy atom. The van der Waals surface area contributed by atoms with Gasteiger partial charge < -0.3 is 15.0 Å². The molecule has 1 heterocycles. The van der Waals surface area contributed by atoms with Crippen LogP contribution in [0.4, 0.5) is 5.69 Å². The molecule has 2 N–H and O–H groups in total. The van der Waals surface area contributed by atoms with Gasteiger partial charge in [-0.15, -0.1) is 0 Å². The van der Waals surface area contributed by atoms with E-state index in [0.29, 0.717) is 13.2 Å². The van der Waals surface area contributed by atoms with Crippen molar-refractivity contribution in [2.75, 3.05) is 11.9 Å². The molecule has 4 nitrogen and oxygen atoms in total. The topological polar surface area (TPSA) is 54.1 Å². The minimum absolute atomic E-state index is 0.0508. The van der Waals surface area contributed by atoms with Gasteiger partial charge in [-0.1, -0.05) is 13.0 Å². The van der Waals surface area contributed by atoms with Crippen LogP contribution in [0.25, 0.3) is 10.9 Å². The van der Waals surface area contributed by atoms with Gasteiger partial charge >= 0.3 is 0 Å². The van der Waals surface area contributed by atoms with Crippen LogP contribution in [-0.2, 0) is 13.0 Å². The van der Waals surface area contributed by atoms with Crippen molar-refractivity contribution < 1.29 is 4.74 Å². The number of rotatable bonds is 6. The fourth-order valence-corrected chi connectivity index (χ4v) is 2.69. The summed E-state index contributed by atoms with van der Waals surface area (Å²) in [4.78, 5) is 15.2. The van der Waals surface area contributed by atoms with Crippen molar-refractivity contribution in [2.45, 2.75) is 26.8 Å². The van der Waals surface area contributed by atoms with Crippen LogP contribution >= 0.6 is 0 Å². The Labute approximate surface area is 141 Å². The second kappa shape index (κ2) is 7.21. The van der Waals surface area contributed by atoms with E-state index in [9.17, 15) is 4.79 Å². The first kappa shape index (κ1) is 16.1. The Kier molecular flexibility index (Phi) is 4.85. The fourth-order valence-electron chi connectivity index (χ4n) is 2.69. The fraction of sp³-hybridized carbons (Fsp3) is 0.250. The van der Waals surface area contributed by atoms with E-state index in [1.54, 1.807) is 0 Å². The number of nitrogens with one attached hydrogen (secondary N) is 2. The van der Waals surface area contributed by atoms with Gasteiger partial charge in [0.15, 0.2) is 0 Å². The van der Waals surface area contributed by atoms with Gasteiger partial charge in [0, 0.05) is 23.3 Å². The second-order valence-electron chi connectivity index (χ2n) is 5.71. The summed E-state index contributed by atoms with van der Waals surface area (Å²) >= 11 is 0. The molecule has 0 spiro atoms. The molecular formula is C20H22N2O2. The van der Waals surface area contributed by atoms with Gasteiger partial charge in [0.25, 0.3) is 5.56 Å². The Morgan fingerprint density at radius 1 is 1.04 bits per heavy atom. The summed E-state index contributed by atoms with van der Waals surface area (Å²) in [6, 6.07) is 15.9. The average Bonchev–Trinajstić information content (AvgIpc) is 2.61. The molecule has 124 valence electrons. The second-order valence-corrected chi connectivity index (χ2v) is 5.71. The molecule has 0 amide bonds. The standard InChI is InChI=1S/C20H22N2O2/c1-3-14-5-10-19-15(11-14)12-16(20(23)22-19)13-21-17-6-8-18(9-7-17)24-4-2/h5-12,21H,3-4,13H2,1-2H3,(H,22,23). The van der Waals surface area contributed by atoms with Gasteiger partial charge in [-0.3, -0.25) is 4.79 Å². The summed E-state index contributed by atoms with van der Waals surface area (Å²) in [7, 11) is 0. The van der Waals surface area contributed by atoms with E-state index in [1.165, 1.54) is 5.56 Å². The number of hydrogen-bond acceptors (Lipinski definition) is 3. The van der Waals surface area contributed by atoms with Crippen LogP contribution < -0.4 is 15.6 Å². The zero-order valence-electron chi connectivity index (χ0n) is 14.1. The summed E-state index contributed by atoms with van der Waals surface area (Å²) in [5.74, 6) is 0.846. The first-order valence-corrected chi connectivity index (χ1v) is 8.31. The first-order chi connectivity index (χ1) is 11.7. The molecule has 0 fully saturated rings. The minimum Gasteiger partial charge on any atom is -0.494 e. The van der Waals surface area contributed by atoms with Crippen molar-refractivity contribution in [1.29, 1.82) is 0 Å². The number of fused-ring (bicyclic) bond motifs is 1. The predicted molar refractivity (Wildman–Crippen MR) is 98.9 cm³/mol. The summed E-state index contributed by atoms with van der Waals surface area (Å²) in [6.45, 7) is 5.22. The molecule has 0 saturated carbocycles. The maximum atomic E-state index is 12.2. The van der Waals surface area contributed by atoms with E-state index in [4.69, 9.17) is 4.74 Å². The molecule has 3 rings (SSSR count). The zero-order chi connectivity index (χ0) is 16.9. The predicted octanol–water partition coefficient (Wildman–Crippen LogP) is 4.10. The number of hydrogen-bond donors (Lipinski definition) is 2. The van der Waals surface area contributed by atoms with Gasteiger partial charge in [0.1, 0.15) is 5.75 Å². The number of H-pyrrole nitrogens is 1. The Hall–Kier alpha value is -2.75. The SMILES string of the molecule is CCOc1ccc(NCc2cc3cc(CC)ccc3[nH]c2=O)cc1. The number of ether oxygens (including phenoxy) is 1. The zero-order valence-corrected chi connectivity index (χ0v) is 14.1. The van der Waals surface area contributed by atoms with Crippen LogP contribution in [0, 0.1) is 0 Å². The third kappa shape index (κ3) is 3.59. The van der Waals surface area contributed by atoms with Crippen molar-refractivity contribution >= 4 is 16.6 Å². The molecule has 0 saturated heterocycles. The molecule has 0 aliphatic heterocycles. The summed E-state index contributed by atoms with van der Waals surface area (Å²) in [5.41, 5.74) is 3.78. The highest BCUT2D eigenvalue weighted by molar-refractivity contribution is 5.79. The summed E-state index contributed by atoms with van der Waals surface area (Å²) < 4.78 is 5.43. The Balaban J connectivity index is 1.78. The molecule has 0 radical (unpaired) electrons. The molecule has 1 aromatic heterocycles. The molecule has 3 aromatic rings. The number of aromatic amines is 1. The molecule has 0 unspecified atom stereocenters. The number of aryl methyl sites for hydroxylation is 1. The highest BCUT2D eigenvalue weighted by Crippen LogP contribution is 2.17. The number of benzene rings is 2. The van der Waals surface area contributed by atoms with Crippen molar-refractivity contribution in [2.24, 2.45) is 0 Å². The van der Waals surface area contributed by atoms with E-state index in [1.807, 2.05) is 43.3 Å². The lowest BCUT2D eigenvalue weighted by molar-refractivity contribution is 0.340. The highest BCUT2D eigenvalue weighted by atomic mass is 16.5.